The topological polar surface area (TPSA) is 98.0 Å². The molecular weight excluding hydrogens is 312 g/mol. The van der Waals surface area contributed by atoms with E-state index >= 15 is 0 Å². The number of aromatic nitrogens is 2. The normalized spacial score (nSPS) is 10.7. The predicted molar refractivity (Wildman–Crippen MR) is 69.0 cm³/mol. The molecule has 21 heavy (non-hydrogen) atoms. The highest BCUT2D eigenvalue weighted by Gasteiger charge is 2.22. The quantitative estimate of drug-likeness (QED) is 0.517. The van der Waals surface area contributed by atoms with Gasteiger partial charge in [-0.05, 0) is 6.92 Å². The monoisotopic (exact) mass is 317 g/mol. The Balaban J connectivity index is 2.89. The van der Waals surface area contributed by atoms with E-state index in [1.807, 2.05) is 0 Å². The average Bonchev–Trinajstić information content (AvgIpc) is 2.38. The molecular formula is C11H6ClF2N3O4. The van der Waals surface area contributed by atoms with Crippen molar-refractivity contribution in [3.05, 3.63) is 65.4 Å². The molecule has 0 atom stereocenters. The van der Waals surface area contributed by atoms with Crippen molar-refractivity contribution in [2.24, 2.45) is 0 Å². The van der Waals surface area contributed by atoms with Crippen LogP contribution in [0.1, 0.15) is 5.56 Å². The summed E-state index contributed by atoms with van der Waals surface area (Å²) in [6, 6.07) is 0.692. The summed E-state index contributed by atoms with van der Waals surface area (Å²) < 4.78 is 27.3. The van der Waals surface area contributed by atoms with Gasteiger partial charge < -0.3 is 0 Å². The van der Waals surface area contributed by atoms with Crippen LogP contribution in [-0.2, 0) is 0 Å². The minimum atomic E-state index is -1.42. The molecule has 0 aliphatic heterocycles. The van der Waals surface area contributed by atoms with Gasteiger partial charge in [0.25, 0.3) is 5.56 Å². The highest BCUT2D eigenvalue weighted by atomic mass is 35.5. The number of nitrogens with zero attached hydrogens (tertiary/aromatic N) is 2. The van der Waals surface area contributed by atoms with Crippen molar-refractivity contribution >= 4 is 17.3 Å². The van der Waals surface area contributed by atoms with Gasteiger partial charge in [-0.2, -0.15) is 4.39 Å². The Morgan fingerprint density at radius 1 is 1.29 bits per heavy atom. The molecule has 7 nitrogen and oxygen atoms in total. The van der Waals surface area contributed by atoms with Gasteiger partial charge in [-0.3, -0.25) is 19.9 Å². The molecule has 0 unspecified atom stereocenters. The van der Waals surface area contributed by atoms with Crippen LogP contribution < -0.4 is 11.2 Å². The third-order valence-corrected chi connectivity index (χ3v) is 3.10. The average molecular weight is 318 g/mol. The largest absolute Gasteiger partial charge is 0.334 e. The van der Waals surface area contributed by atoms with Crippen LogP contribution in [0.15, 0.2) is 21.7 Å². The Morgan fingerprint density at radius 3 is 2.48 bits per heavy atom. The summed E-state index contributed by atoms with van der Waals surface area (Å²) in [6.45, 7) is 1.27. The standard InChI is InChI=1S/C11H6ClF2N3O4/c1-4-9(12)15-11(19)16(10(4)18)7-3-8(17(20)21)6(14)2-5(7)13/h2-3H,1H3,(H,15,19). The molecule has 110 valence electrons. The Labute approximate surface area is 119 Å². The van der Waals surface area contributed by atoms with E-state index in [1.165, 1.54) is 6.92 Å². The van der Waals surface area contributed by atoms with Gasteiger partial charge in [0, 0.05) is 12.1 Å². The molecule has 0 spiro atoms. The van der Waals surface area contributed by atoms with Gasteiger partial charge in [-0.25, -0.2) is 13.8 Å². The first-order valence-corrected chi connectivity index (χ1v) is 5.77. The van der Waals surface area contributed by atoms with Crippen LogP contribution in [-0.4, -0.2) is 14.5 Å². The first-order valence-electron chi connectivity index (χ1n) is 5.39. The molecule has 1 aromatic heterocycles. The number of hydrogen-bond acceptors (Lipinski definition) is 4. The minimum absolute atomic E-state index is 0.0948. The summed E-state index contributed by atoms with van der Waals surface area (Å²) >= 11 is 5.59. The number of halogens is 3. The van der Waals surface area contributed by atoms with E-state index in [0.29, 0.717) is 10.6 Å². The fourth-order valence-corrected chi connectivity index (χ4v) is 1.82. The summed E-state index contributed by atoms with van der Waals surface area (Å²) in [5, 5.41) is 10.4. The van der Waals surface area contributed by atoms with E-state index in [0.717, 1.165) is 0 Å². The lowest BCUT2D eigenvalue weighted by Gasteiger charge is -2.08. The van der Waals surface area contributed by atoms with Gasteiger partial charge in [0.2, 0.25) is 5.82 Å². The Hall–Kier alpha value is -2.55. The molecule has 0 amide bonds. The maximum atomic E-state index is 13.8. The summed E-state index contributed by atoms with van der Waals surface area (Å²) in [6.07, 6.45) is 0. The van der Waals surface area contributed by atoms with Gasteiger partial charge in [-0.1, -0.05) is 11.6 Å². The molecule has 2 aromatic rings. The molecule has 10 heteroatoms. The van der Waals surface area contributed by atoms with Crippen molar-refractivity contribution < 1.29 is 13.7 Å². The zero-order chi connectivity index (χ0) is 15.9. The maximum Gasteiger partial charge on any atom is 0.334 e. The second kappa shape index (κ2) is 5.09. The molecule has 2 rings (SSSR count). The van der Waals surface area contributed by atoms with Crippen molar-refractivity contribution in [2.75, 3.05) is 0 Å². The van der Waals surface area contributed by atoms with Gasteiger partial charge in [0.1, 0.15) is 5.15 Å². The van der Waals surface area contributed by atoms with Crippen LogP contribution in [0.25, 0.3) is 5.69 Å². The molecule has 0 aliphatic rings. The predicted octanol–water partition coefficient (Wildman–Crippen LogP) is 1.67. The second-order valence-electron chi connectivity index (χ2n) is 4.02. The smallest absolute Gasteiger partial charge is 0.297 e. The number of aromatic amines is 1. The van der Waals surface area contributed by atoms with Crippen molar-refractivity contribution in [3.63, 3.8) is 0 Å². The van der Waals surface area contributed by atoms with Crippen LogP contribution >= 0.6 is 11.6 Å². The number of benzene rings is 1. The zero-order valence-corrected chi connectivity index (χ0v) is 11.1. The third kappa shape index (κ3) is 2.42. The van der Waals surface area contributed by atoms with Crippen LogP contribution in [0, 0.1) is 28.7 Å². The zero-order valence-electron chi connectivity index (χ0n) is 10.3. The molecule has 0 saturated heterocycles. The Bertz CT molecular complexity index is 875. The Kier molecular flexibility index (Phi) is 3.60. The van der Waals surface area contributed by atoms with Gasteiger partial charge >= 0.3 is 11.4 Å². The number of hydrogen-bond donors (Lipinski definition) is 1. The molecule has 0 aliphatic carbocycles. The summed E-state index contributed by atoms with van der Waals surface area (Å²) in [7, 11) is 0. The van der Waals surface area contributed by atoms with Crippen LogP contribution in [0.4, 0.5) is 14.5 Å². The number of nitrogens with one attached hydrogen (secondary N) is 1. The molecule has 0 bridgehead atoms. The summed E-state index contributed by atoms with van der Waals surface area (Å²) in [4.78, 5) is 35.3. The van der Waals surface area contributed by atoms with E-state index in [2.05, 4.69) is 4.98 Å². The fourth-order valence-electron chi connectivity index (χ4n) is 1.65. The first-order chi connectivity index (χ1) is 9.73. The highest BCUT2D eigenvalue weighted by molar-refractivity contribution is 6.30. The van der Waals surface area contributed by atoms with Crippen LogP contribution in [0.3, 0.4) is 0 Å². The lowest BCUT2D eigenvalue weighted by Crippen LogP contribution is -2.35. The minimum Gasteiger partial charge on any atom is -0.297 e. The number of rotatable bonds is 2. The lowest BCUT2D eigenvalue weighted by molar-refractivity contribution is -0.387. The van der Waals surface area contributed by atoms with Crippen LogP contribution in [0.5, 0.6) is 0 Å². The molecule has 0 fully saturated rings. The van der Waals surface area contributed by atoms with Crippen molar-refractivity contribution in [1.82, 2.24) is 9.55 Å². The van der Waals surface area contributed by atoms with E-state index in [-0.39, 0.29) is 16.8 Å². The fraction of sp³-hybridized carbons (Fsp3) is 0.0909. The van der Waals surface area contributed by atoms with Crippen molar-refractivity contribution in [2.45, 2.75) is 6.92 Å². The molecule has 0 radical (unpaired) electrons. The molecule has 1 heterocycles. The SMILES string of the molecule is Cc1c(Cl)[nH]c(=O)n(-c2cc([N+](=O)[O-])c(F)cc2F)c1=O. The van der Waals surface area contributed by atoms with Crippen molar-refractivity contribution in [1.29, 1.82) is 0 Å². The third-order valence-electron chi connectivity index (χ3n) is 2.73. The first kappa shape index (κ1) is 14.9. The van der Waals surface area contributed by atoms with E-state index in [4.69, 9.17) is 11.6 Å². The number of nitro groups is 1. The van der Waals surface area contributed by atoms with Crippen molar-refractivity contribution in [3.8, 4) is 5.69 Å². The summed E-state index contributed by atoms with van der Waals surface area (Å²) in [5.41, 5.74) is -3.97. The second-order valence-corrected chi connectivity index (χ2v) is 4.40. The Morgan fingerprint density at radius 2 is 1.90 bits per heavy atom. The van der Waals surface area contributed by atoms with Crippen LogP contribution in [0.2, 0.25) is 5.15 Å². The molecule has 1 N–H and O–H groups in total. The van der Waals surface area contributed by atoms with E-state index < -0.39 is 39.2 Å². The lowest BCUT2D eigenvalue weighted by atomic mass is 10.2. The molecule has 0 saturated carbocycles. The number of H-pyrrole nitrogens is 1. The maximum absolute atomic E-state index is 13.8. The van der Waals surface area contributed by atoms with Gasteiger partial charge in [0.15, 0.2) is 5.82 Å². The van der Waals surface area contributed by atoms with E-state index in [9.17, 15) is 28.5 Å². The summed E-state index contributed by atoms with van der Waals surface area (Å²) in [5.74, 6) is -2.72. The van der Waals surface area contributed by atoms with E-state index in [1.54, 1.807) is 0 Å². The molecule has 1 aromatic carbocycles. The van der Waals surface area contributed by atoms with Gasteiger partial charge in [-0.15, -0.1) is 0 Å². The van der Waals surface area contributed by atoms with Gasteiger partial charge in [0.05, 0.1) is 16.2 Å². The highest BCUT2D eigenvalue weighted by Crippen LogP contribution is 2.23. The number of nitro benzene ring substituents is 1.